The lowest BCUT2D eigenvalue weighted by Gasteiger charge is -2.30. The number of rotatable bonds is 6. The van der Waals surface area contributed by atoms with E-state index >= 15 is 0 Å². The van der Waals surface area contributed by atoms with Crippen LogP contribution in [-0.2, 0) is 9.47 Å². The molecule has 0 amide bonds. The van der Waals surface area contributed by atoms with Gasteiger partial charge in [-0.25, -0.2) is 4.79 Å². The summed E-state index contributed by atoms with van der Waals surface area (Å²) in [6.07, 6.45) is 2.79. The Balaban J connectivity index is 2.20. The molecular weight excluding hydrogens is 360 g/mol. The van der Waals surface area contributed by atoms with E-state index < -0.39 is 5.97 Å². The normalized spacial score (nSPS) is 14.0. The molecule has 0 spiro atoms. The molecule has 2 aromatic rings. The van der Waals surface area contributed by atoms with E-state index in [0.717, 1.165) is 16.9 Å². The molecule has 0 saturated carbocycles. The fraction of sp³-hybridized carbons (Fsp3) is 0.429. The molecule has 0 radical (unpaired) electrons. The van der Waals surface area contributed by atoms with E-state index in [1.807, 2.05) is 31.2 Å². The van der Waals surface area contributed by atoms with Crippen molar-refractivity contribution < 1.29 is 23.8 Å². The number of hydrogen-bond acceptors (Lipinski definition) is 6. The van der Waals surface area contributed by atoms with Crippen LogP contribution in [0.15, 0.2) is 30.5 Å². The van der Waals surface area contributed by atoms with Crippen molar-refractivity contribution in [2.24, 2.45) is 0 Å². The van der Waals surface area contributed by atoms with E-state index in [0.29, 0.717) is 44.8 Å². The third-order valence-corrected chi connectivity index (χ3v) is 4.82. The average Bonchev–Trinajstić information content (AvgIpc) is 3.15. The topological polar surface area (TPSA) is 70.0 Å². The number of nitrogens with zero attached hydrogens (tertiary/aromatic N) is 2. The van der Waals surface area contributed by atoms with Gasteiger partial charge in [-0.05, 0) is 24.1 Å². The maximum absolute atomic E-state index is 12.8. The molecule has 0 atom stereocenters. The molecule has 1 aromatic heterocycles. The predicted octanol–water partition coefficient (Wildman–Crippen LogP) is 3.23. The fourth-order valence-electron chi connectivity index (χ4n) is 3.41. The Morgan fingerprint density at radius 3 is 2.36 bits per heavy atom. The van der Waals surface area contributed by atoms with Crippen LogP contribution >= 0.6 is 0 Å². The number of methoxy groups -OCH3 is 2. The van der Waals surface area contributed by atoms with Gasteiger partial charge >= 0.3 is 5.97 Å². The van der Waals surface area contributed by atoms with E-state index in [2.05, 4.69) is 4.90 Å². The standard InChI is InChI=1S/C21H26N2O5/c1-4-5-18(24)23-14-17(15-6-8-16(26-2)9-7-15)19(20(23)21(25)27-3)22-10-12-28-13-11-22/h6-9,14H,4-5,10-13H2,1-3H3. The van der Waals surface area contributed by atoms with Crippen LogP contribution in [0.25, 0.3) is 11.1 Å². The summed E-state index contributed by atoms with van der Waals surface area (Å²) in [5, 5.41) is 0. The maximum Gasteiger partial charge on any atom is 0.357 e. The van der Waals surface area contributed by atoms with Crippen LogP contribution in [0.4, 0.5) is 5.69 Å². The predicted molar refractivity (Wildman–Crippen MR) is 106 cm³/mol. The van der Waals surface area contributed by atoms with Crippen molar-refractivity contribution in [2.75, 3.05) is 45.4 Å². The molecule has 0 N–H and O–H groups in total. The van der Waals surface area contributed by atoms with Crippen molar-refractivity contribution in [3.63, 3.8) is 0 Å². The lowest BCUT2D eigenvalue weighted by atomic mass is 10.1. The molecule has 3 rings (SSSR count). The molecule has 2 heterocycles. The number of aromatic nitrogens is 1. The minimum Gasteiger partial charge on any atom is -0.497 e. The van der Waals surface area contributed by atoms with Crippen LogP contribution in [0.3, 0.4) is 0 Å². The number of hydrogen-bond donors (Lipinski definition) is 0. The zero-order valence-electron chi connectivity index (χ0n) is 16.6. The molecule has 1 saturated heterocycles. The van der Waals surface area contributed by atoms with Crippen LogP contribution in [0.5, 0.6) is 5.75 Å². The Morgan fingerprint density at radius 2 is 1.79 bits per heavy atom. The SMILES string of the molecule is CCCC(=O)n1cc(-c2ccc(OC)cc2)c(N2CCOCC2)c1C(=O)OC. The summed E-state index contributed by atoms with van der Waals surface area (Å²) in [5.74, 6) is 0.0919. The molecule has 150 valence electrons. The zero-order valence-corrected chi connectivity index (χ0v) is 16.6. The summed E-state index contributed by atoms with van der Waals surface area (Å²) in [7, 11) is 2.95. The van der Waals surface area contributed by atoms with Crippen molar-refractivity contribution in [3.8, 4) is 16.9 Å². The van der Waals surface area contributed by atoms with E-state index in [4.69, 9.17) is 14.2 Å². The smallest absolute Gasteiger partial charge is 0.357 e. The number of carbonyl (C=O) groups excluding carboxylic acids is 2. The first-order valence-electron chi connectivity index (χ1n) is 9.44. The van der Waals surface area contributed by atoms with Crippen molar-refractivity contribution in [1.29, 1.82) is 0 Å². The Kier molecular flexibility index (Phi) is 6.36. The van der Waals surface area contributed by atoms with Crippen molar-refractivity contribution in [1.82, 2.24) is 4.57 Å². The minimum atomic E-state index is -0.522. The maximum atomic E-state index is 12.8. The second kappa shape index (κ2) is 8.93. The molecule has 1 fully saturated rings. The molecule has 7 heteroatoms. The monoisotopic (exact) mass is 386 g/mol. The second-order valence-corrected chi connectivity index (χ2v) is 6.57. The van der Waals surface area contributed by atoms with Crippen LogP contribution in [0.1, 0.15) is 35.0 Å². The average molecular weight is 386 g/mol. The van der Waals surface area contributed by atoms with E-state index in [1.165, 1.54) is 11.7 Å². The van der Waals surface area contributed by atoms with Crippen LogP contribution < -0.4 is 9.64 Å². The van der Waals surface area contributed by atoms with Gasteiger partial charge in [0.05, 0.1) is 33.1 Å². The Hall–Kier alpha value is -2.80. The summed E-state index contributed by atoms with van der Waals surface area (Å²) < 4.78 is 17.2. The van der Waals surface area contributed by atoms with Crippen LogP contribution in [0, 0.1) is 0 Å². The lowest BCUT2D eigenvalue weighted by Crippen LogP contribution is -2.37. The van der Waals surface area contributed by atoms with Crippen molar-refractivity contribution in [3.05, 3.63) is 36.2 Å². The molecular formula is C21H26N2O5. The highest BCUT2D eigenvalue weighted by atomic mass is 16.5. The van der Waals surface area contributed by atoms with Gasteiger partial charge < -0.3 is 19.1 Å². The molecule has 0 unspecified atom stereocenters. The van der Waals surface area contributed by atoms with Crippen LogP contribution in [0.2, 0.25) is 0 Å². The number of carbonyl (C=O) groups is 2. The van der Waals surface area contributed by atoms with Crippen molar-refractivity contribution >= 4 is 17.6 Å². The minimum absolute atomic E-state index is 0.128. The van der Waals surface area contributed by atoms with Gasteiger partial charge in [-0.1, -0.05) is 19.1 Å². The first-order valence-corrected chi connectivity index (χ1v) is 9.44. The van der Waals surface area contributed by atoms with E-state index in [9.17, 15) is 9.59 Å². The second-order valence-electron chi connectivity index (χ2n) is 6.57. The van der Waals surface area contributed by atoms with Gasteiger partial charge in [0.25, 0.3) is 0 Å². The van der Waals surface area contributed by atoms with Gasteiger partial charge in [0.2, 0.25) is 5.91 Å². The lowest BCUT2D eigenvalue weighted by molar-refractivity contribution is 0.0580. The summed E-state index contributed by atoms with van der Waals surface area (Å²) in [6, 6.07) is 7.57. The van der Waals surface area contributed by atoms with Crippen LogP contribution in [-0.4, -0.2) is 57.0 Å². The molecule has 1 aromatic carbocycles. The summed E-state index contributed by atoms with van der Waals surface area (Å²) in [5.41, 5.74) is 2.70. The van der Waals surface area contributed by atoms with Gasteiger partial charge in [0.1, 0.15) is 5.75 Å². The number of ether oxygens (including phenoxy) is 3. The summed E-state index contributed by atoms with van der Waals surface area (Å²) >= 11 is 0. The summed E-state index contributed by atoms with van der Waals surface area (Å²) in [6.45, 7) is 4.35. The number of morpholine rings is 1. The van der Waals surface area contributed by atoms with Gasteiger partial charge in [0.15, 0.2) is 5.69 Å². The van der Waals surface area contributed by atoms with Gasteiger partial charge in [0, 0.05) is 31.3 Å². The van der Waals surface area contributed by atoms with E-state index in [-0.39, 0.29) is 11.6 Å². The molecule has 0 bridgehead atoms. The summed E-state index contributed by atoms with van der Waals surface area (Å²) in [4.78, 5) is 27.5. The molecule has 28 heavy (non-hydrogen) atoms. The van der Waals surface area contributed by atoms with Gasteiger partial charge in [-0.2, -0.15) is 0 Å². The van der Waals surface area contributed by atoms with Gasteiger partial charge in [-0.15, -0.1) is 0 Å². The Morgan fingerprint density at radius 1 is 1.11 bits per heavy atom. The largest absolute Gasteiger partial charge is 0.497 e. The molecule has 0 aliphatic carbocycles. The first-order chi connectivity index (χ1) is 13.6. The third kappa shape index (κ3) is 3.89. The number of anilines is 1. The highest BCUT2D eigenvalue weighted by Gasteiger charge is 2.30. The highest BCUT2D eigenvalue weighted by Crippen LogP contribution is 2.38. The number of esters is 1. The number of benzene rings is 1. The molecule has 1 aliphatic rings. The zero-order chi connectivity index (χ0) is 20.1. The Labute approximate surface area is 164 Å². The highest BCUT2D eigenvalue weighted by molar-refractivity contribution is 6.04. The van der Waals surface area contributed by atoms with E-state index in [1.54, 1.807) is 13.3 Å². The molecule has 7 nitrogen and oxygen atoms in total. The third-order valence-electron chi connectivity index (χ3n) is 4.82. The quantitative estimate of drug-likeness (QED) is 0.710. The molecule has 1 aliphatic heterocycles. The van der Waals surface area contributed by atoms with Crippen molar-refractivity contribution in [2.45, 2.75) is 19.8 Å². The fourth-order valence-corrected chi connectivity index (χ4v) is 3.41. The first kappa shape index (κ1) is 19.9. The van der Waals surface area contributed by atoms with Gasteiger partial charge in [-0.3, -0.25) is 9.36 Å². The Bertz CT molecular complexity index is 835.